The predicted molar refractivity (Wildman–Crippen MR) is 78.1 cm³/mol. The average molecular weight is 256 g/mol. The molecular formula is C15H32N2O. The highest BCUT2D eigenvalue weighted by Crippen LogP contribution is 2.24. The van der Waals surface area contributed by atoms with Gasteiger partial charge in [-0.15, -0.1) is 0 Å². The molecule has 1 aliphatic heterocycles. The van der Waals surface area contributed by atoms with E-state index in [-0.39, 0.29) is 0 Å². The normalized spacial score (nSPS) is 26.2. The first-order chi connectivity index (χ1) is 8.60. The van der Waals surface area contributed by atoms with Crippen LogP contribution >= 0.6 is 0 Å². The summed E-state index contributed by atoms with van der Waals surface area (Å²) >= 11 is 0. The Bertz CT molecular complexity index is 229. The van der Waals surface area contributed by atoms with Crippen LogP contribution in [0, 0.1) is 0 Å². The van der Waals surface area contributed by atoms with E-state index < -0.39 is 0 Å². The number of hydrogen-bond donors (Lipinski definition) is 1. The molecule has 18 heavy (non-hydrogen) atoms. The lowest BCUT2D eigenvalue weighted by Gasteiger charge is -2.48. The number of nitrogens with one attached hydrogen (secondary N) is 1. The average Bonchev–Trinajstić information content (AvgIpc) is 2.39. The molecule has 0 bridgehead atoms. The van der Waals surface area contributed by atoms with Crippen molar-refractivity contribution in [3.8, 4) is 0 Å². The molecule has 3 nitrogen and oxygen atoms in total. The summed E-state index contributed by atoms with van der Waals surface area (Å²) < 4.78 is 5.71. The molecule has 0 amide bonds. The molecule has 1 heterocycles. The van der Waals surface area contributed by atoms with Crippen LogP contribution < -0.4 is 5.32 Å². The van der Waals surface area contributed by atoms with Gasteiger partial charge in [-0.05, 0) is 33.1 Å². The van der Waals surface area contributed by atoms with E-state index in [0.29, 0.717) is 17.7 Å². The molecule has 0 spiro atoms. The summed E-state index contributed by atoms with van der Waals surface area (Å²) in [7, 11) is 0. The van der Waals surface area contributed by atoms with Crippen LogP contribution in [0.15, 0.2) is 0 Å². The summed E-state index contributed by atoms with van der Waals surface area (Å²) in [5.41, 5.74) is 0.317. The first-order valence-electron chi connectivity index (χ1n) is 7.71. The van der Waals surface area contributed by atoms with E-state index in [2.05, 4.69) is 44.8 Å². The zero-order valence-electron chi connectivity index (χ0n) is 13.0. The van der Waals surface area contributed by atoms with E-state index in [1.807, 2.05) is 0 Å². The summed E-state index contributed by atoms with van der Waals surface area (Å²) in [5, 5.41) is 3.79. The van der Waals surface area contributed by atoms with Gasteiger partial charge in [0.05, 0.1) is 6.10 Å². The third kappa shape index (κ3) is 3.94. The molecule has 0 aromatic rings. The number of piperazine rings is 1. The second kappa shape index (κ2) is 7.46. The van der Waals surface area contributed by atoms with Crippen molar-refractivity contribution in [1.82, 2.24) is 10.2 Å². The lowest BCUT2D eigenvalue weighted by Crippen LogP contribution is -2.64. The number of rotatable bonds is 7. The smallest absolute Gasteiger partial charge is 0.0673 e. The first kappa shape index (κ1) is 15.9. The highest BCUT2D eigenvalue weighted by molar-refractivity contribution is 4.96. The second-order valence-electron chi connectivity index (χ2n) is 5.63. The van der Waals surface area contributed by atoms with Gasteiger partial charge in [0.2, 0.25) is 0 Å². The van der Waals surface area contributed by atoms with Crippen molar-refractivity contribution in [3.63, 3.8) is 0 Å². The SMILES string of the molecule is CCOC(C)CN1CC(CC)(CC)NCC1CC. The van der Waals surface area contributed by atoms with Gasteiger partial charge in [-0.2, -0.15) is 0 Å². The van der Waals surface area contributed by atoms with Gasteiger partial charge in [-0.3, -0.25) is 4.90 Å². The Morgan fingerprint density at radius 1 is 1.28 bits per heavy atom. The fourth-order valence-electron chi connectivity index (χ4n) is 3.04. The zero-order chi connectivity index (χ0) is 13.6. The molecule has 1 N–H and O–H groups in total. The largest absolute Gasteiger partial charge is 0.377 e. The Morgan fingerprint density at radius 2 is 1.94 bits per heavy atom. The number of ether oxygens (including phenoxy) is 1. The maximum atomic E-state index is 5.71. The van der Waals surface area contributed by atoms with Crippen molar-refractivity contribution in [3.05, 3.63) is 0 Å². The van der Waals surface area contributed by atoms with E-state index in [0.717, 1.165) is 26.2 Å². The van der Waals surface area contributed by atoms with Crippen LogP contribution in [0.5, 0.6) is 0 Å². The fourth-order valence-corrected chi connectivity index (χ4v) is 3.04. The Balaban J connectivity index is 2.64. The minimum atomic E-state index is 0.317. The Hall–Kier alpha value is -0.120. The van der Waals surface area contributed by atoms with Crippen molar-refractivity contribution in [1.29, 1.82) is 0 Å². The summed E-state index contributed by atoms with van der Waals surface area (Å²) in [6.07, 6.45) is 3.97. The Kier molecular flexibility index (Phi) is 6.61. The van der Waals surface area contributed by atoms with Crippen LogP contribution in [0.3, 0.4) is 0 Å². The molecule has 0 aromatic heterocycles. The maximum absolute atomic E-state index is 5.71. The summed E-state index contributed by atoms with van der Waals surface area (Å²) in [6, 6.07) is 0.666. The van der Waals surface area contributed by atoms with Crippen LogP contribution in [-0.4, -0.2) is 48.8 Å². The van der Waals surface area contributed by atoms with Crippen LogP contribution in [0.1, 0.15) is 53.9 Å². The molecule has 108 valence electrons. The molecule has 1 aliphatic rings. The van der Waals surface area contributed by atoms with E-state index in [4.69, 9.17) is 4.74 Å². The molecular weight excluding hydrogens is 224 g/mol. The third-order valence-electron chi connectivity index (χ3n) is 4.50. The van der Waals surface area contributed by atoms with Gasteiger partial charge in [0.25, 0.3) is 0 Å². The Labute approximate surface area is 113 Å². The van der Waals surface area contributed by atoms with E-state index in [1.165, 1.54) is 19.3 Å². The molecule has 1 rings (SSSR count). The van der Waals surface area contributed by atoms with Crippen LogP contribution in [-0.2, 0) is 4.74 Å². The van der Waals surface area contributed by atoms with E-state index in [9.17, 15) is 0 Å². The quantitative estimate of drug-likeness (QED) is 0.758. The number of nitrogens with zero attached hydrogens (tertiary/aromatic N) is 1. The highest BCUT2D eigenvalue weighted by atomic mass is 16.5. The van der Waals surface area contributed by atoms with E-state index >= 15 is 0 Å². The molecule has 1 fully saturated rings. The van der Waals surface area contributed by atoms with E-state index in [1.54, 1.807) is 0 Å². The van der Waals surface area contributed by atoms with Gasteiger partial charge in [0.15, 0.2) is 0 Å². The maximum Gasteiger partial charge on any atom is 0.0673 e. The minimum absolute atomic E-state index is 0.317. The van der Waals surface area contributed by atoms with Gasteiger partial charge in [0.1, 0.15) is 0 Å². The summed E-state index contributed by atoms with van der Waals surface area (Å²) in [4.78, 5) is 2.64. The van der Waals surface area contributed by atoms with Gasteiger partial charge in [0, 0.05) is 37.8 Å². The summed E-state index contributed by atoms with van der Waals surface area (Å²) in [6.45, 7) is 15.3. The molecule has 0 saturated carbocycles. The number of hydrogen-bond acceptors (Lipinski definition) is 3. The topological polar surface area (TPSA) is 24.5 Å². The van der Waals surface area contributed by atoms with Gasteiger partial charge < -0.3 is 10.1 Å². The third-order valence-corrected chi connectivity index (χ3v) is 4.50. The summed E-state index contributed by atoms with van der Waals surface area (Å²) in [5.74, 6) is 0. The van der Waals surface area contributed by atoms with Crippen molar-refractivity contribution in [2.24, 2.45) is 0 Å². The molecule has 3 heteroatoms. The van der Waals surface area contributed by atoms with Crippen molar-refractivity contribution >= 4 is 0 Å². The lowest BCUT2D eigenvalue weighted by molar-refractivity contribution is 0.00224. The van der Waals surface area contributed by atoms with Gasteiger partial charge in [-0.1, -0.05) is 20.8 Å². The molecule has 0 aliphatic carbocycles. The second-order valence-corrected chi connectivity index (χ2v) is 5.63. The highest BCUT2D eigenvalue weighted by Gasteiger charge is 2.36. The van der Waals surface area contributed by atoms with Crippen LogP contribution in [0.25, 0.3) is 0 Å². The van der Waals surface area contributed by atoms with Crippen molar-refractivity contribution < 1.29 is 4.74 Å². The molecule has 0 radical (unpaired) electrons. The van der Waals surface area contributed by atoms with Crippen molar-refractivity contribution in [2.45, 2.75) is 71.6 Å². The van der Waals surface area contributed by atoms with Crippen LogP contribution in [0.4, 0.5) is 0 Å². The zero-order valence-corrected chi connectivity index (χ0v) is 13.0. The molecule has 1 saturated heterocycles. The van der Waals surface area contributed by atoms with Gasteiger partial charge in [-0.25, -0.2) is 0 Å². The standard InChI is InChI=1S/C15H32N2O/c1-6-14-10-16-15(7-2,8-3)12-17(14)11-13(5)18-9-4/h13-14,16H,6-12H2,1-5H3. The molecule has 2 atom stereocenters. The Morgan fingerprint density at radius 3 is 2.44 bits per heavy atom. The fraction of sp³-hybridized carbons (Fsp3) is 1.00. The molecule has 0 aromatic carbocycles. The van der Waals surface area contributed by atoms with Gasteiger partial charge >= 0.3 is 0 Å². The monoisotopic (exact) mass is 256 g/mol. The van der Waals surface area contributed by atoms with Crippen molar-refractivity contribution in [2.75, 3.05) is 26.2 Å². The lowest BCUT2D eigenvalue weighted by atomic mass is 9.88. The van der Waals surface area contributed by atoms with Crippen LogP contribution in [0.2, 0.25) is 0 Å². The first-order valence-corrected chi connectivity index (χ1v) is 7.71. The predicted octanol–water partition coefficient (Wildman–Crippen LogP) is 2.65. The minimum Gasteiger partial charge on any atom is -0.377 e. The molecule has 2 unspecified atom stereocenters.